The Morgan fingerprint density at radius 1 is 1.19 bits per heavy atom. The minimum absolute atomic E-state index is 0.0694. The largest absolute Gasteiger partial charge is 0.326 e. The highest BCUT2D eigenvalue weighted by molar-refractivity contribution is 9.10. The smallest absolute Gasteiger partial charge is 0.224 e. The number of anilines is 1. The number of amides is 1. The van der Waals surface area contributed by atoms with Crippen LogP contribution in [0.4, 0.5) is 5.69 Å². The summed E-state index contributed by atoms with van der Waals surface area (Å²) in [5, 5.41) is 3.55. The van der Waals surface area contributed by atoms with Gasteiger partial charge in [0.1, 0.15) is 0 Å². The lowest BCUT2D eigenvalue weighted by molar-refractivity contribution is -0.116. The topological polar surface area (TPSA) is 55.1 Å². The van der Waals surface area contributed by atoms with E-state index in [1.54, 1.807) is 0 Å². The van der Waals surface area contributed by atoms with E-state index >= 15 is 0 Å². The first-order valence-electron chi connectivity index (χ1n) is 6.68. The lowest BCUT2D eigenvalue weighted by Crippen LogP contribution is -2.20. The van der Waals surface area contributed by atoms with Crippen molar-refractivity contribution in [1.82, 2.24) is 0 Å². The maximum atomic E-state index is 11.4. The number of carbonyl (C=O) groups is 1. The fourth-order valence-corrected chi connectivity index (χ4v) is 3.46. The van der Waals surface area contributed by atoms with Crippen LogP contribution in [0.1, 0.15) is 29.2 Å². The van der Waals surface area contributed by atoms with Gasteiger partial charge in [0.2, 0.25) is 5.91 Å². The highest BCUT2D eigenvalue weighted by atomic mass is 79.9. The Labute approximate surface area is 136 Å². The second-order valence-electron chi connectivity index (χ2n) is 5.11. The summed E-state index contributed by atoms with van der Waals surface area (Å²) in [4.78, 5) is 11.4. The summed E-state index contributed by atoms with van der Waals surface area (Å²) in [5.74, 6) is 0.0694. The van der Waals surface area contributed by atoms with Gasteiger partial charge >= 0.3 is 0 Å². The van der Waals surface area contributed by atoms with E-state index in [1.165, 1.54) is 0 Å². The molecule has 1 aliphatic heterocycles. The number of fused-ring (bicyclic) bond motifs is 1. The molecule has 0 saturated carbocycles. The first-order valence-corrected chi connectivity index (χ1v) is 7.85. The summed E-state index contributed by atoms with van der Waals surface area (Å²) in [5.41, 5.74) is 10.4. The van der Waals surface area contributed by atoms with Crippen molar-refractivity contribution in [3.05, 3.63) is 62.6 Å². The van der Waals surface area contributed by atoms with Crippen LogP contribution in [-0.2, 0) is 11.2 Å². The summed E-state index contributed by atoms with van der Waals surface area (Å²) in [7, 11) is 0. The SMILES string of the molecule is NC(c1ccc2c(c1)CCC(=O)N2)c1ccc(Cl)cc1Br. The van der Waals surface area contributed by atoms with Crippen molar-refractivity contribution in [3.63, 3.8) is 0 Å². The fraction of sp³-hybridized carbons (Fsp3) is 0.188. The van der Waals surface area contributed by atoms with Crippen LogP contribution in [0.2, 0.25) is 5.02 Å². The number of hydrogen-bond acceptors (Lipinski definition) is 2. The van der Waals surface area contributed by atoms with Crippen molar-refractivity contribution in [2.45, 2.75) is 18.9 Å². The number of hydrogen-bond donors (Lipinski definition) is 2. The van der Waals surface area contributed by atoms with E-state index in [1.807, 2.05) is 30.3 Å². The van der Waals surface area contributed by atoms with Crippen molar-refractivity contribution in [1.29, 1.82) is 0 Å². The number of nitrogens with one attached hydrogen (secondary N) is 1. The molecule has 0 aromatic heterocycles. The molecule has 3 rings (SSSR count). The van der Waals surface area contributed by atoms with Gasteiger partial charge in [-0.2, -0.15) is 0 Å². The summed E-state index contributed by atoms with van der Waals surface area (Å²) >= 11 is 9.47. The molecule has 0 saturated heterocycles. The molecule has 2 aromatic rings. The third-order valence-electron chi connectivity index (χ3n) is 3.68. The molecule has 0 aliphatic carbocycles. The van der Waals surface area contributed by atoms with Crippen molar-refractivity contribution >= 4 is 39.1 Å². The predicted octanol–water partition coefficient (Wildman–Crippen LogP) is 4.04. The Kier molecular flexibility index (Phi) is 4.02. The molecule has 0 bridgehead atoms. The molecule has 3 N–H and O–H groups in total. The molecule has 21 heavy (non-hydrogen) atoms. The Morgan fingerprint density at radius 2 is 2.00 bits per heavy atom. The van der Waals surface area contributed by atoms with E-state index in [4.69, 9.17) is 17.3 Å². The van der Waals surface area contributed by atoms with Crippen LogP contribution in [0.15, 0.2) is 40.9 Å². The molecule has 1 heterocycles. The van der Waals surface area contributed by atoms with Gasteiger partial charge in [0.25, 0.3) is 0 Å². The molecule has 5 heteroatoms. The third kappa shape index (κ3) is 2.98. The van der Waals surface area contributed by atoms with Crippen LogP contribution in [0.3, 0.4) is 0 Å². The molecule has 3 nitrogen and oxygen atoms in total. The van der Waals surface area contributed by atoms with Crippen LogP contribution in [0.25, 0.3) is 0 Å². The van der Waals surface area contributed by atoms with Crippen molar-refractivity contribution in [2.24, 2.45) is 5.73 Å². The average Bonchev–Trinajstić information content (AvgIpc) is 2.46. The second kappa shape index (κ2) is 5.79. The number of halogens is 2. The van der Waals surface area contributed by atoms with E-state index in [2.05, 4.69) is 27.3 Å². The van der Waals surface area contributed by atoms with Crippen LogP contribution >= 0.6 is 27.5 Å². The molecule has 0 spiro atoms. The number of nitrogens with two attached hydrogens (primary N) is 1. The van der Waals surface area contributed by atoms with E-state index in [0.717, 1.165) is 33.3 Å². The number of aryl methyl sites for hydroxylation is 1. The summed E-state index contributed by atoms with van der Waals surface area (Å²) in [6.45, 7) is 0. The van der Waals surface area contributed by atoms with Gasteiger partial charge < -0.3 is 11.1 Å². The Morgan fingerprint density at radius 3 is 2.76 bits per heavy atom. The quantitative estimate of drug-likeness (QED) is 0.844. The number of rotatable bonds is 2. The zero-order valence-corrected chi connectivity index (χ0v) is 13.5. The van der Waals surface area contributed by atoms with Gasteiger partial charge in [0.05, 0.1) is 6.04 Å². The molecular formula is C16H14BrClN2O. The molecule has 1 aliphatic rings. The number of carbonyl (C=O) groups excluding carboxylic acids is 1. The maximum Gasteiger partial charge on any atom is 0.224 e. The van der Waals surface area contributed by atoms with Crippen molar-refractivity contribution in [3.8, 4) is 0 Å². The van der Waals surface area contributed by atoms with Gasteiger partial charge in [-0.3, -0.25) is 4.79 Å². The van der Waals surface area contributed by atoms with Gasteiger partial charge in [0, 0.05) is 21.6 Å². The van der Waals surface area contributed by atoms with Gasteiger partial charge in [-0.25, -0.2) is 0 Å². The Balaban J connectivity index is 1.95. The normalized spacial score (nSPS) is 15.3. The highest BCUT2D eigenvalue weighted by Crippen LogP contribution is 2.32. The van der Waals surface area contributed by atoms with Gasteiger partial charge in [0.15, 0.2) is 0 Å². The monoisotopic (exact) mass is 364 g/mol. The van der Waals surface area contributed by atoms with Crippen LogP contribution in [0, 0.1) is 0 Å². The lowest BCUT2D eigenvalue weighted by atomic mass is 9.94. The van der Waals surface area contributed by atoms with E-state index in [-0.39, 0.29) is 11.9 Å². The minimum atomic E-state index is -0.237. The van der Waals surface area contributed by atoms with E-state index in [0.29, 0.717) is 11.4 Å². The van der Waals surface area contributed by atoms with E-state index < -0.39 is 0 Å². The summed E-state index contributed by atoms with van der Waals surface area (Å²) in [6.07, 6.45) is 1.28. The standard InChI is InChI=1S/C16H14BrClN2O/c17-13-8-11(18)3-4-12(13)16(19)10-1-5-14-9(7-10)2-6-15(21)20-14/h1,3-5,7-8,16H,2,6,19H2,(H,20,21). The maximum absolute atomic E-state index is 11.4. The van der Waals surface area contributed by atoms with E-state index in [9.17, 15) is 4.79 Å². The summed E-state index contributed by atoms with van der Waals surface area (Å²) < 4.78 is 0.897. The molecule has 1 atom stereocenters. The van der Waals surface area contributed by atoms with Crippen molar-refractivity contribution < 1.29 is 4.79 Å². The van der Waals surface area contributed by atoms with Gasteiger partial charge in [-0.05, 0) is 41.3 Å². The second-order valence-corrected chi connectivity index (χ2v) is 6.40. The zero-order chi connectivity index (χ0) is 15.0. The molecule has 2 aromatic carbocycles. The number of benzene rings is 2. The Hall–Kier alpha value is -1.36. The van der Waals surface area contributed by atoms with Crippen LogP contribution in [-0.4, -0.2) is 5.91 Å². The summed E-state index contributed by atoms with van der Waals surface area (Å²) in [6, 6.07) is 11.3. The predicted molar refractivity (Wildman–Crippen MR) is 88.6 cm³/mol. The first kappa shape index (κ1) is 14.6. The molecule has 108 valence electrons. The average molecular weight is 366 g/mol. The molecule has 0 radical (unpaired) electrons. The first-order chi connectivity index (χ1) is 10.0. The van der Waals surface area contributed by atoms with Crippen LogP contribution < -0.4 is 11.1 Å². The molecule has 1 amide bonds. The fourth-order valence-electron chi connectivity index (χ4n) is 2.53. The molecule has 0 fully saturated rings. The molecular weight excluding hydrogens is 352 g/mol. The van der Waals surface area contributed by atoms with Gasteiger partial charge in [-0.15, -0.1) is 0 Å². The van der Waals surface area contributed by atoms with Crippen molar-refractivity contribution in [2.75, 3.05) is 5.32 Å². The lowest BCUT2D eigenvalue weighted by Gasteiger charge is -2.20. The van der Waals surface area contributed by atoms with Crippen LogP contribution in [0.5, 0.6) is 0 Å². The van der Waals surface area contributed by atoms with Gasteiger partial charge in [-0.1, -0.05) is 45.7 Å². The zero-order valence-electron chi connectivity index (χ0n) is 11.2. The minimum Gasteiger partial charge on any atom is -0.326 e. The molecule has 1 unspecified atom stereocenters. The Bertz CT molecular complexity index is 717. The highest BCUT2D eigenvalue weighted by Gasteiger charge is 2.18. The third-order valence-corrected chi connectivity index (χ3v) is 4.60.